The Kier molecular flexibility index (Phi) is 14.6. The zero-order chi connectivity index (χ0) is 11.2. The first kappa shape index (κ1) is 15.3. The van der Waals surface area contributed by atoms with Crippen molar-refractivity contribution in [3.05, 3.63) is 0 Å². The summed E-state index contributed by atoms with van der Waals surface area (Å²) in [5, 5.41) is 0. The molecule has 0 N–H and O–H groups in total. The summed E-state index contributed by atoms with van der Waals surface area (Å²) in [6.45, 7) is 2.28. The van der Waals surface area contributed by atoms with Crippen LogP contribution in [0.15, 0.2) is 0 Å². The fourth-order valence-corrected chi connectivity index (χ4v) is 2.02. The van der Waals surface area contributed by atoms with Crippen LogP contribution in [0.1, 0.15) is 77.6 Å². The zero-order valence-electron chi connectivity index (χ0n) is 10.2. The van der Waals surface area contributed by atoms with Crippen molar-refractivity contribution in [1.29, 1.82) is 0 Å². The van der Waals surface area contributed by atoms with Crippen LogP contribution in [0.2, 0.25) is 0 Å². The van der Waals surface area contributed by atoms with E-state index in [4.69, 9.17) is 0 Å². The van der Waals surface area contributed by atoms with Gasteiger partial charge in [-0.05, 0) is 10.3 Å². The molecule has 0 rings (SSSR count). The third kappa shape index (κ3) is 14.3. The molecule has 0 saturated heterocycles. The van der Waals surface area contributed by atoms with E-state index in [-0.39, 0.29) is 0 Å². The number of hydrogen-bond acceptors (Lipinski definition) is 0. The Morgan fingerprint density at radius 1 is 0.733 bits per heavy atom. The Bertz CT molecular complexity index is 164. The largest absolute Gasteiger partial charge is 0.0919 e. The van der Waals surface area contributed by atoms with Crippen molar-refractivity contribution < 1.29 is 0 Å². The van der Waals surface area contributed by atoms with Crippen LogP contribution in [0.3, 0.4) is 0 Å². The van der Waals surface area contributed by atoms with Crippen LogP contribution in [0.25, 0.3) is 0 Å². The lowest BCUT2D eigenvalue weighted by atomic mass is 10.1. The van der Waals surface area contributed by atoms with E-state index < -0.39 is 0 Å². The highest BCUT2D eigenvalue weighted by molar-refractivity contribution is 14.1. The average Bonchev–Trinajstić information content (AvgIpc) is 2.26. The van der Waals surface area contributed by atoms with Crippen molar-refractivity contribution in [1.82, 2.24) is 0 Å². The predicted molar refractivity (Wildman–Crippen MR) is 78.3 cm³/mol. The van der Waals surface area contributed by atoms with Crippen molar-refractivity contribution in [3.8, 4) is 9.85 Å². The summed E-state index contributed by atoms with van der Waals surface area (Å²) in [7, 11) is 0. The number of rotatable bonds is 10. The third-order valence-corrected chi connectivity index (χ3v) is 3.10. The van der Waals surface area contributed by atoms with Crippen LogP contribution in [-0.2, 0) is 0 Å². The number of hydrogen-bond donors (Lipinski definition) is 0. The van der Waals surface area contributed by atoms with Crippen molar-refractivity contribution in [2.24, 2.45) is 0 Å². The van der Waals surface area contributed by atoms with Gasteiger partial charge in [-0.3, -0.25) is 0 Å². The molecule has 0 aliphatic heterocycles. The maximum Gasteiger partial charge on any atom is 0.0181 e. The van der Waals surface area contributed by atoms with E-state index in [0.29, 0.717) is 0 Å². The summed E-state index contributed by atoms with van der Waals surface area (Å²) in [5.74, 6) is 3.11. The van der Waals surface area contributed by atoms with Crippen molar-refractivity contribution >= 4 is 22.6 Å². The van der Waals surface area contributed by atoms with Gasteiger partial charge in [-0.2, -0.15) is 0 Å². The molecule has 0 fully saturated rings. The quantitative estimate of drug-likeness (QED) is 0.275. The minimum atomic E-state index is 1.10. The van der Waals surface area contributed by atoms with Gasteiger partial charge in [0.2, 0.25) is 0 Å². The highest BCUT2D eigenvalue weighted by Gasteiger charge is 1.91. The monoisotopic (exact) mass is 320 g/mol. The van der Waals surface area contributed by atoms with Crippen molar-refractivity contribution in [2.75, 3.05) is 0 Å². The smallest absolute Gasteiger partial charge is 0.0181 e. The second kappa shape index (κ2) is 14.3. The average molecular weight is 320 g/mol. The summed E-state index contributed by atoms with van der Waals surface area (Å²) in [4.78, 5) is 0. The fourth-order valence-electron chi connectivity index (χ4n) is 1.75. The third-order valence-electron chi connectivity index (χ3n) is 2.72. The van der Waals surface area contributed by atoms with Gasteiger partial charge in [-0.1, -0.05) is 70.6 Å². The molecule has 0 aromatic heterocycles. The maximum atomic E-state index is 3.11. The van der Waals surface area contributed by atoms with Gasteiger partial charge >= 0.3 is 0 Å². The standard InChI is InChI=1S/C14H25I/c1-2-3-4-5-6-7-8-9-10-11-12-13-14-15/h2-12H2,1H3. The van der Waals surface area contributed by atoms with E-state index in [1.165, 1.54) is 64.2 Å². The van der Waals surface area contributed by atoms with Crippen LogP contribution >= 0.6 is 22.6 Å². The van der Waals surface area contributed by atoms with Crippen LogP contribution in [0.4, 0.5) is 0 Å². The predicted octanol–water partition coefficient (Wildman–Crippen LogP) is 5.69. The van der Waals surface area contributed by atoms with E-state index in [2.05, 4.69) is 39.4 Å². The molecule has 0 aromatic rings. The molecule has 0 spiro atoms. The Labute approximate surface area is 110 Å². The maximum absolute atomic E-state index is 3.11. The molecule has 0 saturated carbocycles. The van der Waals surface area contributed by atoms with E-state index in [1.807, 2.05) is 0 Å². The van der Waals surface area contributed by atoms with Crippen LogP contribution < -0.4 is 0 Å². The lowest BCUT2D eigenvalue weighted by Gasteiger charge is -2.00. The molecule has 0 heterocycles. The molecule has 88 valence electrons. The molecule has 0 aliphatic carbocycles. The molecule has 0 aromatic carbocycles. The minimum absolute atomic E-state index is 1.10. The first-order valence-corrected chi connectivity index (χ1v) is 7.58. The second-order valence-electron chi connectivity index (χ2n) is 4.20. The van der Waals surface area contributed by atoms with Crippen molar-refractivity contribution in [3.63, 3.8) is 0 Å². The van der Waals surface area contributed by atoms with Gasteiger partial charge in [-0.15, -0.1) is 0 Å². The molecule has 0 radical (unpaired) electrons. The van der Waals surface area contributed by atoms with Crippen LogP contribution in [0.5, 0.6) is 0 Å². The normalized spacial score (nSPS) is 9.73. The van der Waals surface area contributed by atoms with Gasteiger partial charge in [0.25, 0.3) is 0 Å². The van der Waals surface area contributed by atoms with E-state index in [0.717, 1.165) is 6.42 Å². The fraction of sp³-hybridized carbons (Fsp3) is 0.857. The minimum Gasteiger partial charge on any atom is -0.0919 e. The van der Waals surface area contributed by atoms with Crippen LogP contribution in [-0.4, -0.2) is 0 Å². The highest BCUT2D eigenvalue weighted by atomic mass is 127. The number of halogens is 1. The van der Waals surface area contributed by atoms with E-state index >= 15 is 0 Å². The van der Waals surface area contributed by atoms with Gasteiger partial charge in [0.05, 0.1) is 0 Å². The van der Waals surface area contributed by atoms with Gasteiger partial charge < -0.3 is 0 Å². The molecule has 0 amide bonds. The summed E-state index contributed by atoms with van der Waals surface area (Å²) in [5.41, 5.74) is 0. The summed E-state index contributed by atoms with van der Waals surface area (Å²) < 4.78 is 2.92. The van der Waals surface area contributed by atoms with E-state index in [1.54, 1.807) is 0 Å². The molecule has 1 heteroatoms. The molecule has 0 atom stereocenters. The SMILES string of the molecule is CCCCCCCCCCCCC#CI. The highest BCUT2D eigenvalue weighted by Crippen LogP contribution is 2.10. The lowest BCUT2D eigenvalue weighted by molar-refractivity contribution is 0.558. The Morgan fingerprint density at radius 3 is 1.67 bits per heavy atom. The Morgan fingerprint density at radius 2 is 1.20 bits per heavy atom. The molecular weight excluding hydrogens is 295 g/mol. The van der Waals surface area contributed by atoms with Gasteiger partial charge in [0.15, 0.2) is 0 Å². The van der Waals surface area contributed by atoms with Gasteiger partial charge in [-0.25, -0.2) is 0 Å². The molecule has 0 bridgehead atoms. The first-order chi connectivity index (χ1) is 7.41. The summed E-state index contributed by atoms with van der Waals surface area (Å²) >= 11 is 2.12. The van der Waals surface area contributed by atoms with Crippen LogP contribution in [0, 0.1) is 9.85 Å². The molecule has 0 aliphatic rings. The molecule has 0 nitrogen and oxygen atoms in total. The Balaban J connectivity index is 2.88. The molecular formula is C14H25I. The topological polar surface area (TPSA) is 0 Å². The molecule has 15 heavy (non-hydrogen) atoms. The zero-order valence-corrected chi connectivity index (χ0v) is 12.3. The molecule has 0 unspecified atom stereocenters. The van der Waals surface area contributed by atoms with Gasteiger partial charge in [0, 0.05) is 29.0 Å². The van der Waals surface area contributed by atoms with E-state index in [9.17, 15) is 0 Å². The summed E-state index contributed by atoms with van der Waals surface area (Å²) in [6.07, 6.45) is 15.2. The Hall–Kier alpha value is 0.290. The second-order valence-corrected chi connectivity index (χ2v) is 4.74. The lowest BCUT2D eigenvalue weighted by Crippen LogP contribution is -1.81. The first-order valence-electron chi connectivity index (χ1n) is 6.50. The van der Waals surface area contributed by atoms with Gasteiger partial charge in [0.1, 0.15) is 0 Å². The van der Waals surface area contributed by atoms with Crippen molar-refractivity contribution in [2.45, 2.75) is 77.6 Å². The number of unbranched alkanes of at least 4 members (excludes halogenated alkanes) is 10. The summed E-state index contributed by atoms with van der Waals surface area (Å²) in [6, 6.07) is 0.